The number of amides is 1. The number of halogens is 6. The van der Waals surface area contributed by atoms with Gasteiger partial charge in [-0.05, 0) is 5.56 Å². The lowest BCUT2D eigenvalue weighted by atomic mass is 10.1. The summed E-state index contributed by atoms with van der Waals surface area (Å²) in [4.78, 5) is 15.8. The van der Waals surface area contributed by atoms with Crippen LogP contribution in [0.2, 0.25) is 0 Å². The minimum Gasteiger partial charge on any atom is -0.384 e. The first-order chi connectivity index (χ1) is 13.0. The second-order valence-corrected chi connectivity index (χ2v) is 5.73. The molecule has 12 heteroatoms. The average Bonchev–Trinajstić information content (AvgIpc) is 3.09. The van der Waals surface area contributed by atoms with Crippen LogP contribution >= 0.6 is 0 Å². The summed E-state index contributed by atoms with van der Waals surface area (Å²) in [6.07, 6.45) is -9.58. The number of methoxy groups -OCH3 is 1. The lowest BCUT2D eigenvalue weighted by molar-refractivity contribution is -0.162. The summed E-state index contributed by atoms with van der Waals surface area (Å²) in [6, 6.07) is 5.38. The van der Waals surface area contributed by atoms with Crippen LogP contribution in [0.15, 0.2) is 28.8 Å². The number of benzene rings is 1. The minimum atomic E-state index is -4.79. The van der Waals surface area contributed by atoms with Gasteiger partial charge in [0.15, 0.2) is 0 Å². The summed E-state index contributed by atoms with van der Waals surface area (Å²) in [6.45, 7) is -1.79. The molecule has 0 atom stereocenters. The van der Waals surface area contributed by atoms with E-state index >= 15 is 0 Å². The van der Waals surface area contributed by atoms with Crippen molar-refractivity contribution >= 4 is 5.91 Å². The molecule has 0 aliphatic heterocycles. The Morgan fingerprint density at radius 3 is 2.29 bits per heavy atom. The van der Waals surface area contributed by atoms with Crippen molar-refractivity contribution in [2.24, 2.45) is 0 Å². The lowest BCUT2D eigenvalue weighted by Crippen LogP contribution is -2.38. The van der Waals surface area contributed by atoms with E-state index in [9.17, 15) is 31.1 Å². The van der Waals surface area contributed by atoms with Crippen molar-refractivity contribution in [3.05, 3.63) is 35.7 Å². The molecule has 6 nitrogen and oxygen atoms in total. The van der Waals surface area contributed by atoms with Gasteiger partial charge in [-0.25, -0.2) is 0 Å². The largest absolute Gasteiger partial charge is 0.471 e. The van der Waals surface area contributed by atoms with Crippen molar-refractivity contribution in [1.29, 1.82) is 0 Å². The maximum absolute atomic E-state index is 12.7. The number of carbonyl (C=O) groups is 1. The van der Waals surface area contributed by atoms with Gasteiger partial charge in [0, 0.05) is 19.2 Å². The van der Waals surface area contributed by atoms with Crippen LogP contribution in [0.1, 0.15) is 17.9 Å². The summed E-state index contributed by atoms with van der Waals surface area (Å²) in [5.74, 6) is -2.56. The number of hydrogen-bond donors (Lipinski definition) is 0. The SMILES string of the molecule is COCCC(=O)N(Cc1ccc(-c2noc(C(F)(F)F)n2)cc1)CC(F)(F)F. The van der Waals surface area contributed by atoms with Crippen molar-refractivity contribution in [2.45, 2.75) is 25.3 Å². The predicted molar refractivity (Wildman–Crippen MR) is 82.7 cm³/mol. The second-order valence-electron chi connectivity index (χ2n) is 5.73. The molecule has 0 aliphatic rings. The molecule has 0 unspecified atom stereocenters. The highest BCUT2D eigenvalue weighted by Gasteiger charge is 2.38. The molecule has 1 aromatic heterocycles. The molecule has 0 aliphatic carbocycles. The molecule has 0 bridgehead atoms. The van der Waals surface area contributed by atoms with Gasteiger partial charge in [-0.3, -0.25) is 4.79 Å². The van der Waals surface area contributed by atoms with Crippen molar-refractivity contribution < 1.29 is 40.4 Å². The quantitative estimate of drug-likeness (QED) is 0.651. The Bertz CT molecular complexity index is 786. The minimum absolute atomic E-state index is 0.0223. The van der Waals surface area contributed by atoms with Crippen LogP contribution in [0, 0.1) is 0 Å². The molecular formula is C16H15F6N3O3. The Morgan fingerprint density at radius 2 is 1.79 bits per heavy atom. The first-order valence-corrected chi connectivity index (χ1v) is 7.83. The third-order valence-corrected chi connectivity index (χ3v) is 3.50. The van der Waals surface area contributed by atoms with Gasteiger partial charge in [0.05, 0.1) is 13.0 Å². The van der Waals surface area contributed by atoms with E-state index in [-0.39, 0.29) is 31.0 Å². The molecule has 1 heterocycles. The van der Waals surface area contributed by atoms with E-state index in [4.69, 9.17) is 4.74 Å². The highest BCUT2D eigenvalue weighted by atomic mass is 19.4. The third kappa shape index (κ3) is 6.22. The number of hydrogen-bond acceptors (Lipinski definition) is 5. The maximum Gasteiger partial charge on any atom is 0.471 e. The Balaban J connectivity index is 2.13. The first-order valence-electron chi connectivity index (χ1n) is 7.83. The van der Waals surface area contributed by atoms with Gasteiger partial charge in [0.25, 0.3) is 0 Å². The molecule has 28 heavy (non-hydrogen) atoms. The van der Waals surface area contributed by atoms with E-state index < -0.39 is 30.7 Å². The smallest absolute Gasteiger partial charge is 0.384 e. The summed E-state index contributed by atoms with van der Waals surface area (Å²) >= 11 is 0. The molecule has 0 N–H and O–H groups in total. The normalized spacial score (nSPS) is 12.2. The monoisotopic (exact) mass is 411 g/mol. The van der Waals surface area contributed by atoms with Crippen molar-refractivity contribution in [3.8, 4) is 11.4 Å². The summed E-state index contributed by atoms with van der Waals surface area (Å²) in [7, 11) is 1.32. The van der Waals surface area contributed by atoms with E-state index in [1.165, 1.54) is 31.4 Å². The summed E-state index contributed by atoms with van der Waals surface area (Å²) in [5.41, 5.74) is 0.523. The number of rotatable bonds is 7. The Kier molecular flexibility index (Phi) is 6.65. The van der Waals surface area contributed by atoms with Gasteiger partial charge in [0.1, 0.15) is 6.54 Å². The van der Waals surface area contributed by atoms with E-state index in [0.29, 0.717) is 10.5 Å². The molecule has 2 rings (SSSR count). The van der Waals surface area contributed by atoms with E-state index in [2.05, 4.69) is 14.7 Å². The van der Waals surface area contributed by atoms with Crippen LogP contribution in [0.25, 0.3) is 11.4 Å². The number of alkyl halides is 6. The van der Waals surface area contributed by atoms with Crippen LogP contribution in [0.4, 0.5) is 26.3 Å². The fraction of sp³-hybridized carbons (Fsp3) is 0.438. The molecule has 0 saturated heterocycles. The van der Waals surface area contributed by atoms with Gasteiger partial charge in [-0.2, -0.15) is 31.3 Å². The van der Waals surface area contributed by atoms with Gasteiger partial charge in [-0.1, -0.05) is 29.4 Å². The van der Waals surface area contributed by atoms with Crippen molar-refractivity contribution in [2.75, 3.05) is 20.3 Å². The zero-order chi connectivity index (χ0) is 20.9. The molecule has 0 fully saturated rings. The zero-order valence-corrected chi connectivity index (χ0v) is 14.5. The van der Waals surface area contributed by atoms with E-state index in [0.717, 1.165) is 0 Å². The Labute approximate surface area is 155 Å². The van der Waals surface area contributed by atoms with Gasteiger partial charge in [-0.15, -0.1) is 0 Å². The van der Waals surface area contributed by atoms with Crippen LogP contribution in [-0.4, -0.2) is 47.4 Å². The van der Waals surface area contributed by atoms with Crippen LogP contribution in [-0.2, 0) is 22.3 Å². The van der Waals surface area contributed by atoms with Gasteiger partial charge < -0.3 is 14.2 Å². The van der Waals surface area contributed by atoms with E-state index in [1.54, 1.807) is 0 Å². The highest BCUT2D eigenvalue weighted by molar-refractivity contribution is 5.76. The fourth-order valence-corrected chi connectivity index (χ4v) is 2.23. The standard InChI is InChI=1S/C16H15F6N3O3/c1-27-7-6-12(26)25(9-15(17,18)19)8-10-2-4-11(5-3-10)13-23-14(28-24-13)16(20,21)22/h2-5H,6-9H2,1H3. The molecule has 1 aromatic carbocycles. The molecule has 0 spiro atoms. The molecular weight excluding hydrogens is 396 g/mol. The average molecular weight is 411 g/mol. The molecule has 154 valence electrons. The van der Waals surface area contributed by atoms with Gasteiger partial charge >= 0.3 is 18.2 Å². The summed E-state index contributed by atoms with van der Waals surface area (Å²) in [5, 5.41) is 3.22. The third-order valence-electron chi connectivity index (χ3n) is 3.50. The van der Waals surface area contributed by atoms with Crippen LogP contribution < -0.4 is 0 Å². The Hall–Kier alpha value is -2.63. The van der Waals surface area contributed by atoms with Crippen LogP contribution in [0.3, 0.4) is 0 Å². The number of nitrogens with zero attached hydrogens (tertiary/aromatic N) is 3. The molecule has 2 aromatic rings. The number of ether oxygens (including phenoxy) is 1. The first kappa shape index (κ1) is 21.7. The predicted octanol–water partition coefficient (Wildman–Crippen LogP) is 3.68. The second kappa shape index (κ2) is 8.59. The number of carbonyl (C=O) groups excluding carboxylic acids is 1. The highest BCUT2D eigenvalue weighted by Crippen LogP contribution is 2.29. The lowest BCUT2D eigenvalue weighted by Gasteiger charge is -2.24. The number of aromatic nitrogens is 2. The Morgan fingerprint density at radius 1 is 1.14 bits per heavy atom. The summed E-state index contributed by atoms with van der Waals surface area (Å²) < 4.78 is 84.5. The van der Waals surface area contributed by atoms with Gasteiger partial charge in [0.2, 0.25) is 11.7 Å². The maximum atomic E-state index is 12.7. The van der Waals surface area contributed by atoms with Crippen molar-refractivity contribution in [3.63, 3.8) is 0 Å². The molecule has 0 saturated carbocycles. The van der Waals surface area contributed by atoms with Crippen molar-refractivity contribution in [1.82, 2.24) is 15.0 Å². The zero-order valence-electron chi connectivity index (χ0n) is 14.5. The fourth-order valence-electron chi connectivity index (χ4n) is 2.23. The topological polar surface area (TPSA) is 68.5 Å². The molecule has 0 radical (unpaired) electrons. The molecule has 1 amide bonds. The van der Waals surface area contributed by atoms with E-state index in [1.807, 2.05) is 0 Å². The van der Waals surface area contributed by atoms with Crippen LogP contribution in [0.5, 0.6) is 0 Å².